The summed E-state index contributed by atoms with van der Waals surface area (Å²) in [5, 5.41) is 19.8. The van der Waals surface area contributed by atoms with Crippen LogP contribution < -0.4 is 4.90 Å². The minimum atomic E-state index is -0.418. The first-order valence-corrected chi connectivity index (χ1v) is 7.42. The summed E-state index contributed by atoms with van der Waals surface area (Å²) < 4.78 is 0. The number of hydrogen-bond donors (Lipinski definition) is 2. The number of aliphatic hydroxyl groups excluding tert-OH is 2. The van der Waals surface area contributed by atoms with Crippen LogP contribution in [0.2, 0.25) is 0 Å². The topological polar surface area (TPSA) is 43.7 Å². The molecule has 3 nitrogen and oxygen atoms in total. The Kier molecular flexibility index (Phi) is 5.23. The first-order chi connectivity index (χ1) is 9.27. The molecule has 1 aliphatic heterocycles. The lowest BCUT2D eigenvalue weighted by Gasteiger charge is -2.33. The Bertz CT molecular complexity index is 394. The number of hydrogen-bond acceptors (Lipinski definition) is 3. The molecule has 2 rings (SSSR count). The van der Waals surface area contributed by atoms with Crippen molar-refractivity contribution in [3.8, 4) is 0 Å². The van der Waals surface area contributed by atoms with E-state index in [9.17, 15) is 10.2 Å². The third kappa shape index (κ3) is 3.28. The van der Waals surface area contributed by atoms with Gasteiger partial charge in [0.2, 0.25) is 0 Å². The van der Waals surface area contributed by atoms with Crippen molar-refractivity contribution in [3.63, 3.8) is 0 Å². The Morgan fingerprint density at radius 1 is 1.26 bits per heavy atom. The van der Waals surface area contributed by atoms with Gasteiger partial charge in [0.15, 0.2) is 0 Å². The zero-order valence-electron chi connectivity index (χ0n) is 11.8. The summed E-state index contributed by atoms with van der Waals surface area (Å²) >= 11 is 0. The average molecular weight is 263 g/mol. The monoisotopic (exact) mass is 263 g/mol. The largest absolute Gasteiger partial charge is 0.394 e. The van der Waals surface area contributed by atoms with E-state index >= 15 is 0 Å². The van der Waals surface area contributed by atoms with Crippen LogP contribution in [0.25, 0.3) is 0 Å². The molecule has 2 atom stereocenters. The SMILES string of the molecule is CCC(O)c1ccccc1N1CCCCCC1CO. The second-order valence-electron chi connectivity index (χ2n) is 5.36. The second kappa shape index (κ2) is 6.92. The number of rotatable bonds is 4. The van der Waals surface area contributed by atoms with Crippen LogP contribution >= 0.6 is 0 Å². The summed E-state index contributed by atoms with van der Waals surface area (Å²) in [7, 11) is 0. The molecule has 1 aromatic carbocycles. The molecule has 0 radical (unpaired) electrons. The van der Waals surface area contributed by atoms with Gasteiger partial charge in [-0.3, -0.25) is 0 Å². The van der Waals surface area contributed by atoms with E-state index < -0.39 is 6.10 Å². The van der Waals surface area contributed by atoms with Gasteiger partial charge < -0.3 is 15.1 Å². The van der Waals surface area contributed by atoms with Crippen molar-refractivity contribution < 1.29 is 10.2 Å². The molecule has 1 saturated heterocycles. The Morgan fingerprint density at radius 3 is 2.79 bits per heavy atom. The molecule has 2 N–H and O–H groups in total. The Balaban J connectivity index is 2.32. The van der Waals surface area contributed by atoms with Crippen LogP contribution in [0.1, 0.15) is 50.7 Å². The van der Waals surface area contributed by atoms with Gasteiger partial charge in [-0.2, -0.15) is 0 Å². The molecule has 0 aromatic heterocycles. The summed E-state index contributed by atoms with van der Waals surface area (Å²) in [5.74, 6) is 0. The Hall–Kier alpha value is -1.06. The highest BCUT2D eigenvalue weighted by molar-refractivity contribution is 5.55. The lowest BCUT2D eigenvalue weighted by molar-refractivity contribution is 0.173. The highest BCUT2D eigenvalue weighted by Gasteiger charge is 2.23. The molecule has 3 heteroatoms. The van der Waals surface area contributed by atoms with Crippen LogP contribution in [0, 0.1) is 0 Å². The molecule has 0 spiro atoms. The Labute approximate surface area is 115 Å². The van der Waals surface area contributed by atoms with E-state index in [2.05, 4.69) is 11.0 Å². The molecule has 1 heterocycles. The molecular formula is C16H25NO2. The molecule has 0 saturated carbocycles. The van der Waals surface area contributed by atoms with Crippen molar-refractivity contribution >= 4 is 5.69 Å². The standard InChI is InChI=1S/C16H25NO2/c1-2-16(19)14-9-5-6-10-15(14)17-11-7-3-4-8-13(17)12-18/h5-6,9-10,13,16,18-19H,2-4,7-8,11-12H2,1H3. The molecule has 19 heavy (non-hydrogen) atoms. The minimum Gasteiger partial charge on any atom is -0.394 e. The number of benzene rings is 1. The van der Waals surface area contributed by atoms with Crippen molar-refractivity contribution in [2.45, 2.75) is 51.2 Å². The predicted octanol–water partition coefficient (Wildman–Crippen LogP) is 2.87. The highest BCUT2D eigenvalue weighted by atomic mass is 16.3. The lowest BCUT2D eigenvalue weighted by atomic mass is 10.0. The van der Waals surface area contributed by atoms with E-state index in [1.807, 2.05) is 25.1 Å². The van der Waals surface area contributed by atoms with Crippen LogP contribution in [-0.2, 0) is 0 Å². The fraction of sp³-hybridized carbons (Fsp3) is 0.625. The molecule has 106 valence electrons. The number of para-hydroxylation sites is 1. The van der Waals surface area contributed by atoms with Gasteiger partial charge in [0.1, 0.15) is 0 Å². The third-order valence-corrected chi connectivity index (χ3v) is 4.08. The van der Waals surface area contributed by atoms with Crippen molar-refractivity contribution in [3.05, 3.63) is 29.8 Å². The van der Waals surface area contributed by atoms with Gasteiger partial charge in [-0.1, -0.05) is 38.0 Å². The van der Waals surface area contributed by atoms with Gasteiger partial charge >= 0.3 is 0 Å². The number of anilines is 1. The average Bonchev–Trinajstić information content (AvgIpc) is 2.71. The van der Waals surface area contributed by atoms with Crippen LogP contribution in [0.15, 0.2) is 24.3 Å². The van der Waals surface area contributed by atoms with Crippen molar-refractivity contribution in [2.75, 3.05) is 18.1 Å². The molecular weight excluding hydrogens is 238 g/mol. The number of aliphatic hydroxyl groups is 2. The lowest BCUT2D eigenvalue weighted by Crippen LogP contribution is -2.38. The second-order valence-corrected chi connectivity index (χ2v) is 5.36. The van der Waals surface area contributed by atoms with Gasteiger partial charge in [-0.05, 0) is 25.3 Å². The highest BCUT2D eigenvalue weighted by Crippen LogP contribution is 2.31. The zero-order valence-corrected chi connectivity index (χ0v) is 11.8. The first kappa shape index (κ1) is 14.4. The summed E-state index contributed by atoms with van der Waals surface area (Å²) in [6.07, 6.45) is 4.90. The molecule has 1 aromatic rings. The maximum atomic E-state index is 10.2. The summed E-state index contributed by atoms with van der Waals surface area (Å²) in [4.78, 5) is 2.29. The summed E-state index contributed by atoms with van der Waals surface area (Å²) in [6.45, 7) is 3.16. The smallest absolute Gasteiger partial charge is 0.0807 e. The van der Waals surface area contributed by atoms with Gasteiger partial charge in [-0.15, -0.1) is 0 Å². The van der Waals surface area contributed by atoms with Gasteiger partial charge in [-0.25, -0.2) is 0 Å². The van der Waals surface area contributed by atoms with E-state index in [0.717, 1.165) is 30.6 Å². The van der Waals surface area contributed by atoms with Gasteiger partial charge in [0.05, 0.1) is 18.8 Å². The van der Waals surface area contributed by atoms with Gasteiger partial charge in [0.25, 0.3) is 0 Å². The van der Waals surface area contributed by atoms with E-state index in [1.165, 1.54) is 12.8 Å². The van der Waals surface area contributed by atoms with Crippen LogP contribution in [0.5, 0.6) is 0 Å². The quantitative estimate of drug-likeness (QED) is 0.878. The van der Waals surface area contributed by atoms with E-state index in [4.69, 9.17) is 0 Å². The molecule has 1 aliphatic rings. The van der Waals surface area contributed by atoms with Crippen LogP contribution in [0.3, 0.4) is 0 Å². The van der Waals surface area contributed by atoms with E-state index in [0.29, 0.717) is 6.42 Å². The molecule has 2 unspecified atom stereocenters. The van der Waals surface area contributed by atoms with Crippen molar-refractivity contribution in [2.24, 2.45) is 0 Å². The van der Waals surface area contributed by atoms with Gasteiger partial charge in [0, 0.05) is 17.8 Å². The van der Waals surface area contributed by atoms with Crippen LogP contribution in [-0.4, -0.2) is 29.4 Å². The van der Waals surface area contributed by atoms with Crippen molar-refractivity contribution in [1.82, 2.24) is 0 Å². The zero-order chi connectivity index (χ0) is 13.7. The molecule has 0 aliphatic carbocycles. The first-order valence-electron chi connectivity index (χ1n) is 7.42. The maximum Gasteiger partial charge on any atom is 0.0807 e. The fourth-order valence-electron chi connectivity index (χ4n) is 2.94. The normalized spacial score (nSPS) is 22.1. The molecule has 0 amide bonds. The fourth-order valence-corrected chi connectivity index (χ4v) is 2.94. The Morgan fingerprint density at radius 2 is 2.05 bits per heavy atom. The maximum absolute atomic E-state index is 10.2. The summed E-state index contributed by atoms with van der Waals surface area (Å²) in [6, 6.07) is 8.25. The third-order valence-electron chi connectivity index (χ3n) is 4.08. The van der Waals surface area contributed by atoms with E-state index in [1.54, 1.807) is 0 Å². The summed E-state index contributed by atoms with van der Waals surface area (Å²) in [5.41, 5.74) is 2.09. The van der Waals surface area contributed by atoms with Crippen molar-refractivity contribution in [1.29, 1.82) is 0 Å². The molecule has 1 fully saturated rings. The molecule has 0 bridgehead atoms. The number of nitrogens with zero attached hydrogens (tertiary/aromatic N) is 1. The minimum absolute atomic E-state index is 0.188. The predicted molar refractivity (Wildman–Crippen MR) is 78.4 cm³/mol. The van der Waals surface area contributed by atoms with Crippen LogP contribution in [0.4, 0.5) is 5.69 Å². The van der Waals surface area contributed by atoms with E-state index in [-0.39, 0.29) is 12.6 Å².